The van der Waals surface area contributed by atoms with Gasteiger partial charge in [-0.05, 0) is 17.7 Å². The molecule has 1 aromatic heterocycles. The van der Waals surface area contributed by atoms with Gasteiger partial charge in [0.2, 0.25) is 0 Å². The van der Waals surface area contributed by atoms with Crippen LogP contribution in [0, 0.1) is 0 Å². The summed E-state index contributed by atoms with van der Waals surface area (Å²) in [5.74, 6) is 0. The third kappa shape index (κ3) is 3.56. The smallest absolute Gasteiger partial charge is 0.0534 e. The molecule has 0 saturated carbocycles. The Morgan fingerprint density at radius 1 is 1.41 bits per heavy atom. The highest BCUT2D eigenvalue weighted by Crippen LogP contribution is 2.21. The maximum Gasteiger partial charge on any atom is 0.0534 e. The number of hydrogen-bond donors (Lipinski definition) is 1. The predicted octanol–water partition coefficient (Wildman–Crippen LogP) is 3.13. The zero-order chi connectivity index (χ0) is 12.3. The Morgan fingerprint density at radius 3 is 2.88 bits per heavy atom. The van der Waals surface area contributed by atoms with Crippen LogP contribution in [0.2, 0.25) is 5.02 Å². The van der Waals surface area contributed by atoms with Crippen molar-refractivity contribution in [3.63, 3.8) is 0 Å². The minimum absolute atomic E-state index is 0.743. The number of aryl methyl sites for hydroxylation is 1. The van der Waals surface area contributed by atoms with Crippen molar-refractivity contribution in [3.8, 4) is 0 Å². The van der Waals surface area contributed by atoms with Gasteiger partial charge in [0.15, 0.2) is 0 Å². The van der Waals surface area contributed by atoms with Gasteiger partial charge in [-0.3, -0.25) is 4.68 Å². The lowest BCUT2D eigenvalue weighted by Gasteiger charge is -2.06. The minimum atomic E-state index is 0.743. The molecule has 1 aromatic carbocycles. The van der Waals surface area contributed by atoms with Crippen molar-refractivity contribution < 1.29 is 0 Å². The first-order chi connectivity index (χ1) is 8.15. The van der Waals surface area contributed by atoms with Gasteiger partial charge >= 0.3 is 0 Å². The van der Waals surface area contributed by atoms with E-state index >= 15 is 0 Å². The van der Waals surface area contributed by atoms with Crippen LogP contribution in [0.25, 0.3) is 0 Å². The highest BCUT2D eigenvalue weighted by molar-refractivity contribution is 9.10. The van der Waals surface area contributed by atoms with Crippen LogP contribution >= 0.6 is 27.5 Å². The molecule has 0 atom stereocenters. The van der Waals surface area contributed by atoms with Gasteiger partial charge in [0.1, 0.15) is 0 Å². The van der Waals surface area contributed by atoms with E-state index in [0.717, 1.165) is 22.6 Å². The van der Waals surface area contributed by atoms with E-state index in [0.29, 0.717) is 0 Å². The molecule has 0 bridgehead atoms. The fourth-order valence-corrected chi connectivity index (χ4v) is 2.39. The summed E-state index contributed by atoms with van der Waals surface area (Å²) in [5.41, 5.74) is 2.37. The van der Waals surface area contributed by atoms with Crippen LogP contribution in [0.1, 0.15) is 11.1 Å². The number of rotatable bonds is 4. The summed E-state index contributed by atoms with van der Waals surface area (Å²) in [6, 6.07) is 5.82. The molecule has 2 rings (SSSR count). The van der Waals surface area contributed by atoms with Crippen molar-refractivity contribution in [2.75, 3.05) is 0 Å². The first-order valence-electron chi connectivity index (χ1n) is 5.27. The Labute approximate surface area is 114 Å². The average Bonchev–Trinajstić information content (AvgIpc) is 2.68. The van der Waals surface area contributed by atoms with E-state index in [9.17, 15) is 0 Å². The number of aromatic nitrogens is 2. The molecule has 0 amide bonds. The zero-order valence-electron chi connectivity index (χ0n) is 9.45. The summed E-state index contributed by atoms with van der Waals surface area (Å²) in [4.78, 5) is 0. The topological polar surface area (TPSA) is 29.9 Å². The Balaban J connectivity index is 1.90. The van der Waals surface area contributed by atoms with E-state index in [1.54, 1.807) is 4.68 Å². The highest BCUT2D eigenvalue weighted by atomic mass is 79.9. The lowest BCUT2D eigenvalue weighted by atomic mass is 10.2. The molecule has 1 heterocycles. The van der Waals surface area contributed by atoms with Gasteiger partial charge in [-0.15, -0.1) is 0 Å². The second-order valence-electron chi connectivity index (χ2n) is 3.86. The van der Waals surface area contributed by atoms with Crippen LogP contribution in [0.5, 0.6) is 0 Å². The maximum atomic E-state index is 5.89. The molecular formula is C12H13BrClN3. The third-order valence-electron chi connectivity index (χ3n) is 2.42. The normalized spacial score (nSPS) is 10.8. The van der Waals surface area contributed by atoms with Crippen molar-refractivity contribution in [3.05, 3.63) is 51.2 Å². The molecule has 3 nitrogen and oxygen atoms in total. The molecule has 1 N–H and O–H groups in total. The van der Waals surface area contributed by atoms with Gasteiger partial charge in [-0.25, -0.2) is 0 Å². The van der Waals surface area contributed by atoms with E-state index in [1.165, 1.54) is 11.1 Å². The molecule has 0 unspecified atom stereocenters. The molecule has 90 valence electrons. The van der Waals surface area contributed by atoms with Crippen LogP contribution < -0.4 is 5.32 Å². The lowest BCUT2D eigenvalue weighted by Crippen LogP contribution is -2.12. The summed E-state index contributed by atoms with van der Waals surface area (Å²) in [6.45, 7) is 1.61. The monoisotopic (exact) mass is 313 g/mol. The van der Waals surface area contributed by atoms with Crippen molar-refractivity contribution in [1.29, 1.82) is 0 Å². The van der Waals surface area contributed by atoms with Gasteiger partial charge in [0.05, 0.1) is 6.20 Å². The molecule has 0 aliphatic carbocycles. The lowest BCUT2D eigenvalue weighted by molar-refractivity contribution is 0.690. The Bertz CT molecular complexity index is 510. The summed E-state index contributed by atoms with van der Waals surface area (Å²) >= 11 is 9.38. The third-order valence-corrected chi connectivity index (χ3v) is 3.39. The highest BCUT2D eigenvalue weighted by Gasteiger charge is 2.01. The fraction of sp³-hybridized carbons (Fsp3) is 0.250. The van der Waals surface area contributed by atoms with E-state index < -0.39 is 0 Å². The van der Waals surface area contributed by atoms with Gasteiger partial charge in [-0.2, -0.15) is 5.10 Å². The quantitative estimate of drug-likeness (QED) is 0.939. The number of nitrogens with one attached hydrogen (secondary N) is 1. The van der Waals surface area contributed by atoms with Crippen LogP contribution in [0.3, 0.4) is 0 Å². The van der Waals surface area contributed by atoms with E-state index in [2.05, 4.69) is 26.3 Å². The number of hydrogen-bond acceptors (Lipinski definition) is 2. The molecule has 0 aliphatic heterocycles. The average molecular weight is 315 g/mol. The summed E-state index contributed by atoms with van der Waals surface area (Å²) < 4.78 is 2.83. The van der Waals surface area contributed by atoms with Gasteiger partial charge in [0.25, 0.3) is 0 Å². The number of halogens is 2. The van der Waals surface area contributed by atoms with Gasteiger partial charge in [0, 0.05) is 41.4 Å². The maximum absolute atomic E-state index is 5.89. The van der Waals surface area contributed by atoms with Crippen LogP contribution in [0.15, 0.2) is 35.1 Å². The molecule has 0 aliphatic rings. The number of benzene rings is 1. The van der Waals surface area contributed by atoms with Crippen LogP contribution in [-0.2, 0) is 20.1 Å². The zero-order valence-corrected chi connectivity index (χ0v) is 11.8. The van der Waals surface area contributed by atoms with Crippen molar-refractivity contribution in [2.24, 2.45) is 7.05 Å². The van der Waals surface area contributed by atoms with Gasteiger partial charge < -0.3 is 5.32 Å². The first kappa shape index (κ1) is 12.6. The molecule has 0 radical (unpaired) electrons. The Kier molecular flexibility index (Phi) is 4.20. The largest absolute Gasteiger partial charge is 0.308 e. The van der Waals surface area contributed by atoms with Crippen LogP contribution in [-0.4, -0.2) is 9.78 Å². The Morgan fingerprint density at radius 2 is 2.24 bits per heavy atom. The minimum Gasteiger partial charge on any atom is -0.308 e. The summed E-state index contributed by atoms with van der Waals surface area (Å²) in [7, 11) is 1.92. The second-order valence-corrected chi connectivity index (χ2v) is 5.15. The summed E-state index contributed by atoms with van der Waals surface area (Å²) in [6.07, 6.45) is 3.87. The van der Waals surface area contributed by atoms with E-state index in [4.69, 9.17) is 11.6 Å². The van der Waals surface area contributed by atoms with Crippen molar-refractivity contribution in [2.45, 2.75) is 13.1 Å². The molecule has 0 fully saturated rings. The fourth-order valence-electron chi connectivity index (χ4n) is 1.57. The van der Waals surface area contributed by atoms with E-state index in [1.807, 2.05) is 37.6 Å². The summed E-state index contributed by atoms with van der Waals surface area (Å²) in [5, 5.41) is 8.23. The molecule has 5 heteroatoms. The van der Waals surface area contributed by atoms with E-state index in [-0.39, 0.29) is 0 Å². The SMILES string of the molecule is Cn1cc(CNCc2ccc(Cl)cc2Br)cn1. The molecule has 2 aromatic rings. The molecular weight excluding hydrogens is 302 g/mol. The number of nitrogens with zero attached hydrogens (tertiary/aromatic N) is 2. The van der Waals surface area contributed by atoms with Crippen molar-refractivity contribution >= 4 is 27.5 Å². The molecule has 0 spiro atoms. The molecule has 0 saturated heterocycles. The molecule has 17 heavy (non-hydrogen) atoms. The van der Waals surface area contributed by atoms with Crippen LogP contribution in [0.4, 0.5) is 0 Å². The first-order valence-corrected chi connectivity index (χ1v) is 6.44. The predicted molar refractivity (Wildman–Crippen MR) is 72.9 cm³/mol. The Hall–Kier alpha value is -0.840. The second kappa shape index (κ2) is 5.67. The van der Waals surface area contributed by atoms with Gasteiger partial charge in [-0.1, -0.05) is 33.6 Å². The van der Waals surface area contributed by atoms with Crippen molar-refractivity contribution in [1.82, 2.24) is 15.1 Å². The standard InChI is InChI=1S/C12H13BrClN3/c1-17-8-9(6-16-17)5-15-7-10-2-3-11(14)4-12(10)13/h2-4,6,8,15H,5,7H2,1H3.